The summed E-state index contributed by atoms with van der Waals surface area (Å²) in [6.45, 7) is 1.25. The molecule has 128 valence electrons. The quantitative estimate of drug-likeness (QED) is 0.721. The number of likely N-dealkylation sites (tertiary alicyclic amines) is 1. The van der Waals surface area contributed by atoms with E-state index >= 15 is 0 Å². The number of aromatic nitrogens is 3. The van der Waals surface area contributed by atoms with Crippen LogP contribution < -0.4 is 5.56 Å². The maximum absolute atomic E-state index is 12.8. The van der Waals surface area contributed by atoms with E-state index in [1.807, 2.05) is 53.0 Å². The van der Waals surface area contributed by atoms with Crippen molar-refractivity contribution in [1.29, 1.82) is 0 Å². The number of fused-ring (bicyclic) bond motifs is 1. The number of hydrogen-bond acceptors (Lipinski definition) is 3. The predicted molar refractivity (Wildman–Crippen MR) is 95.6 cm³/mol. The monoisotopic (exact) mass is 336 g/mol. The first-order valence-electron chi connectivity index (χ1n) is 8.51. The van der Waals surface area contributed by atoms with Gasteiger partial charge in [0.2, 0.25) is 0 Å². The second-order valence-corrected chi connectivity index (χ2v) is 6.53. The summed E-state index contributed by atoms with van der Waals surface area (Å²) >= 11 is 0. The molecule has 1 saturated heterocycles. The van der Waals surface area contributed by atoms with Gasteiger partial charge in [-0.3, -0.25) is 14.2 Å². The molecule has 0 N–H and O–H groups in total. The molecular weight excluding hydrogens is 316 g/mol. The number of para-hydroxylation sites is 1. The van der Waals surface area contributed by atoms with E-state index in [9.17, 15) is 9.59 Å². The SMILES string of the molecule is Cn1cccc1C(=O)N1CCC[C@@H](n2cnc3ccccc3c2=O)C1. The van der Waals surface area contributed by atoms with E-state index in [-0.39, 0.29) is 17.5 Å². The fraction of sp³-hybridized carbons (Fsp3) is 0.316. The standard InChI is InChI=1S/C19H20N4O2/c1-21-10-5-9-17(21)19(25)22-11-4-6-14(12-22)23-13-20-16-8-3-2-7-15(16)18(23)24/h2-3,5,7-10,13-14H,4,6,11-12H2,1H3/t14-/m1/s1. The highest BCUT2D eigenvalue weighted by Gasteiger charge is 2.27. The Kier molecular flexibility index (Phi) is 3.87. The number of rotatable bonds is 2. The fourth-order valence-corrected chi connectivity index (χ4v) is 3.55. The van der Waals surface area contributed by atoms with Crippen molar-refractivity contribution in [2.75, 3.05) is 13.1 Å². The average molecular weight is 336 g/mol. The van der Waals surface area contributed by atoms with Crippen LogP contribution in [0.25, 0.3) is 10.9 Å². The number of piperidine rings is 1. The van der Waals surface area contributed by atoms with Gasteiger partial charge in [0.1, 0.15) is 5.69 Å². The fourth-order valence-electron chi connectivity index (χ4n) is 3.55. The summed E-state index contributed by atoms with van der Waals surface area (Å²) in [5, 5.41) is 0.621. The summed E-state index contributed by atoms with van der Waals surface area (Å²) in [6.07, 6.45) is 5.23. The van der Waals surface area contributed by atoms with E-state index in [0.717, 1.165) is 19.4 Å². The molecule has 1 fully saturated rings. The first-order valence-corrected chi connectivity index (χ1v) is 8.51. The van der Waals surface area contributed by atoms with Gasteiger partial charge >= 0.3 is 0 Å². The number of carbonyl (C=O) groups is 1. The number of hydrogen-bond donors (Lipinski definition) is 0. The van der Waals surface area contributed by atoms with Crippen molar-refractivity contribution in [2.45, 2.75) is 18.9 Å². The van der Waals surface area contributed by atoms with Gasteiger partial charge in [-0.2, -0.15) is 0 Å². The van der Waals surface area contributed by atoms with Crippen molar-refractivity contribution in [3.63, 3.8) is 0 Å². The van der Waals surface area contributed by atoms with Gasteiger partial charge in [0.05, 0.1) is 23.3 Å². The molecule has 0 spiro atoms. The molecule has 0 bridgehead atoms. The maximum atomic E-state index is 12.8. The van der Waals surface area contributed by atoms with Crippen molar-refractivity contribution < 1.29 is 4.79 Å². The van der Waals surface area contributed by atoms with Crippen LogP contribution in [0.3, 0.4) is 0 Å². The van der Waals surface area contributed by atoms with Crippen LogP contribution in [0.5, 0.6) is 0 Å². The van der Waals surface area contributed by atoms with Gasteiger partial charge in [-0.15, -0.1) is 0 Å². The minimum Gasteiger partial charge on any atom is -0.347 e. The zero-order chi connectivity index (χ0) is 17.4. The molecule has 2 aromatic heterocycles. The van der Waals surface area contributed by atoms with Gasteiger partial charge in [-0.1, -0.05) is 12.1 Å². The molecule has 1 atom stereocenters. The summed E-state index contributed by atoms with van der Waals surface area (Å²) in [5.41, 5.74) is 1.34. The van der Waals surface area contributed by atoms with Crippen LogP contribution in [0.2, 0.25) is 0 Å². The van der Waals surface area contributed by atoms with Crippen LogP contribution in [0.1, 0.15) is 29.4 Å². The smallest absolute Gasteiger partial charge is 0.270 e. The van der Waals surface area contributed by atoms with Gasteiger partial charge in [-0.25, -0.2) is 4.98 Å². The molecule has 0 saturated carbocycles. The Morgan fingerprint density at radius 3 is 2.84 bits per heavy atom. The first-order chi connectivity index (χ1) is 12.1. The minimum absolute atomic E-state index is 0.0130. The van der Waals surface area contributed by atoms with Crippen LogP contribution in [-0.2, 0) is 7.05 Å². The second kappa shape index (κ2) is 6.20. The van der Waals surface area contributed by atoms with E-state index < -0.39 is 0 Å². The summed E-state index contributed by atoms with van der Waals surface area (Å²) in [7, 11) is 1.87. The predicted octanol–water partition coefficient (Wildman–Crippen LogP) is 2.21. The second-order valence-electron chi connectivity index (χ2n) is 6.53. The molecule has 1 aliphatic heterocycles. The molecule has 25 heavy (non-hydrogen) atoms. The zero-order valence-electron chi connectivity index (χ0n) is 14.1. The molecule has 3 aromatic rings. The Morgan fingerprint density at radius 1 is 1.20 bits per heavy atom. The van der Waals surface area contributed by atoms with Gasteiger partial charge in [0.15, 0.2) is 0 Å². The minimum atomic E-state index is -0.0393. The van der Waals surface area contributed by atoms with Crippen LogP contribution >= 0.6 is 0 Å². The van der Waals surface area contributed by atoms with Gasteiger partial charge in [0.25, 0.3) is 11.5 Å². The highest BCUT2D eigenvalue weighted by molar-refractivity contribution is 5.92. The molecule has 3 heterocycles. The van der Waals surface area contributed by atoms with E-state index in [1.54, 1.807) is 17.0 Å². The van der Waals surface area contributed by atoms with Crippen LogP contribution in [0, 0.1) is 0 Å². The molecular formula is C19H20N4O2. The Balaban J connectivity index is 1.64. The van der Waals surface area contributed by atoms with Gasteiger partial charge in [0, 0.05) is 26.3 Å². The maximum Gasteiger partial charge on any atom is 0.270 e. The van der Waals surface area contributed by atoms with E-state index in [1.165, 1.54) is 0 Å². The number of amides is 1. The van der Waals surface area contributed by atoms with Crippen molar-refractivity contribution in [3.8, 4) is 0 Å². The van der Waals surface area contributed by atoms with E-state index in [4.69, 9.17) is 0 Å². The number of nitrogens with zero attached hydrogens (tertiary/aromatic N) is 4. The Bertz CT molecular complexity index is 988. The van der Waals surface area contributed by atoms with Crippen molar-refractivity contribution in [3.05, 3.63) is 65.0 Å². The van der Waals surface area contributed by atoms with E-state index in [2.05, 4.69) is 4.98 Å². The Labute approximate surface area is 145 Å². The van der Waals surface area contributed by atoms with Gasteiger partial charge < -0.3 is 9.47 Å². The third-order valence-corrected chi connectivity index (χ3v) is 4.93. The topological polar surface area (TPSA) is 60.1 Å². The molecule has 1 amide bonds. The molecule has 1 aliphatic rings. The van der Waals surface area contributed by atoms with Crippen LogP contribution in [-0.4, -0.2) is 38.0 Å². The van der Waals surface area contributed by atoms with E-state index in [0.29, 0.717) is 23.1 Å². The molecule has 1 aromatic carbocycles. The summed E-state index contributed by atoms with van der Waals surface area (Å²) in [4.78, 5) is 31.8. The number of carbonyl (C=O) groups excluding carboxylic acids is 1. The summed E-state index contributed by atoms with van der Waals surface area (Å²) in [6, 6.07) is 11.0. The molecule has 0 aliphatic carbocycles. The number of aryl methyl sites for hydroxylation is 1. The third kappa shape index (κ3) is 2.73. The molecule has 6 heteroatoms. The largest absolute Gasteiger partial charge is 0.347 e. The zero-order valence-corrected chi connectivity index (χ0v) is 14.1. The van der Waals surface area contributed by atoms with Crippen molar-refractivity contribution in [1.82, 2.24) is 19.0 Å². The van der Waals surface area contributed by atoms with Crippen LogP contribution in [0.4, 0.5) is 0 Å². The molecule has 4 rings (SSSR count). The summed E-state index contributed by atoms with van der Waals surface area (Å²) < 4.78 is 3.52. The van der Waals surface area contributed by atoms with Crippen molar-refractivity contribution >= 4 is 16.8 Å². The lowest BCUT2D eigenvalue weighted by molar-refractivity contribution is 0.0667. The molecule has 0 radical (unpaired) electrons. The normalized spacial score (nSPS) is 17.8. The highest BCUT2D eigenvalue weighted by atomic mass is 16.2. The average Bonchev–Trinajstić information content (AvgIpc) is 3.08. The Morgan fingerprint density at radius 2 is 2.04 bits per heavy atom. The van der Waals surface area contributed by atoms with Crippen LogP contribution in [0.15, 0.2) is 53.7 Å². The third-order valence-electron chi connectivity index (χ3n) is 4.93. The lowest BCUT2D eigenvalue weighted by atomic mass is 10.0. The lowest BCUT2D eigenvalue weighted by Crippen LogP contribution is -2.43. The first kappa shape index (κ1) is 15.6. The number of benzene rings is 1. The van der Waals surface area contributed by atoms with Crippen molar-refractivity contribution in [2.24, 2.45) is 7.05 Å². The summed E-state index contributed by atoms with van der Waals surface area (Å²) in [5.74, 6) is 0.0130. The lowest BCUT2D eigenvalue weighted by Gasteiger charge is -2.33. The Hall–Kier alpha value is -2.89. The molecule has 6 nitrogen and oxygen atoms in total. The highest BCUT2D eigenvalue weighted by Crippen LogP contribution is 2.22. The molecule has 0 unspecified atom stereocenters. The van der Waals surface area contributed by atoms with Gasteiger partial charge in [-0.05, 0) is 37.1 Å².